The minimum absolute atomic E-state index is 0.384. The summed E-state index contributed by atoms with van der Waals surface area (Å²) < 4.78 is 7.12. The molecule has 0 unspecified atom stereocenters. The predicted octanol–water partition coefficient (Wildman–Crippen LogP) is 2.19. The number of nitrogens with zero attached hydrogens (tertiary/aromatic N) is 2. The van der Waals surface area contributed by atoms with Crippen LogP contribution < -0.4 is 0 Å². The van der Waals surface area contributed by atoms with Gasteiger partial charge in [-0.3, -0.25) is 4.40 Å². The second-order valence-electron chi connectivity index (χ2n) is 3.13. The number of esters is 1. The molecular weight excluding hydrogens is 260 g/mol. The summed E-state index contributed by atoms with van der Waals surface area (Å²) in [6.45, 7) is 1.88. The van der Waals surface area contributed by atoms with Crippen LogP contribution in [0.3, 0.4) is 0 Å². The van der Waals surface area contributed by atoms with Gasteiger partial charge in [-0.15, -0.1) is 0 Å². The van der Waals surface area contributed by atoms with Gasteiger partial charge in [0.25, 0.3) is 0 Å². The largest absolute Gasteiger partial charge is 0.464 e. The number of ether oxygens (including phenoxy) is 1. The molecule has 0 N–H and O–H groups in total. The maximum Gasteiger partial charge on any atom is 0.356 e. The van der Waals surface area contributed by atoms with Gasteiger partial charge in [-0.05, 0) is 35.0 Å². The monoisotopic (exact) mass is 268 g/mol. The number of hydrogen-bond acceptors (Lipinski definition) is 3. The quantitative estimate of drug-likeness (QED) is 0.745. The Balaban J connectivity index is 2.78. The fraction of sp³-hybridized carbons (Fsp3) is 0.200. The van der Waals surface area contributed by atoms with E-state index in [1.807, 2.05) is 13.0 Å². The Morgan fingerprint density at radius 1 is 1.53 bits per heavy atom. The van der Waals surface area contributed by atoms with Crippen LogP contribution in [0.25, 0.3) is 5.65 Å². The lowest BCUT2D eigenvalue weighted by Gasteiger charge is -2.05. The molecule has 0 aliphatic carbocycles. The Bertz CT molecular complexity index is 533. The zero-order valence-electron chi connectivity index (χ0n) is 8.32. The summed E-state index contributed by atoms with van der Waals surface area (Å²) in [5.74, 6) is -0.384. The number of imidazole rings is 1. The molecule has 0 atom stereocenters. The minimum Gasteiger partial charge on any atom is -0.464 e. The fourth-order valence-electron chi connectivity index (χ4n) is 1.45. The zero-order chi connectivity index (χ0) is 11.0. The molecule has 0 saturated heterocycles. The van der Waals surface area contributed by atoms with E-state index in [-0.39, 0.29) is 5.97 Å². The van der Waals surface area contributed by atoms with Gasteiger partial charge in [0.15, 0.2) is 0 Å². The van der Waals surface area contributed by atoms with Crippen molar-refractivity contribution in [2.75, 3.05) is 7.11 Å². The topological polar surface area (TPSA) is 43.6 Å². The molecule has 0 fully saturated rings. The Kier molecular flexibility index (Phi) is 2.48. The van der Waals surface area contributed by atoms with E-state index in [0.717, 1.165) is 11.3 Å². The van der Waals surface area contributed by atoms with Crippen molar-refractivity contribution in [1.29, 1.82) is 0 Å². The second kappa shape index (κ2) is 3.66. The number of hydrogen-bond donors (Lipinski definition) is 0. The molecule has 0 spiro atoms. The van der Waals surface area contributed by atoms with Gasteiger partial charge in [-0.2, -0.15) is 0 Å². The van der Waals surface area contributed by atoms with Crippen LogP contribution in [0, 0.1) is 6.92 Å². The predicted molar refractivity (Wildman–Crippen MR) is 59.0 cm³/mol. The zero-order valence-corrected chi connectivity index (χ0v) is 9.91. The molecule has 4 nitrogen and oxygen atoms in total. The summed E-state index contributed by atoms with van der Waals surface area (Å²) in [7, 11) is 1.36. The van der Waals surface area contributed by atoms with Gasteiger partial charge in [0.05, 0.1) is 12.8 Å². The normalized spacial score (nSPS) is 10.6. The van der Waals surface area contributed by atoms with E-state index in [1.54, 1.807) is 16.7 Å². The number of aromatic nitrogens is 2. The van der Waals surface area contributed by atoms with E-state index in [1.165, 1.54) is 7.11 Å². The van der Waals surface area contributed by atoms with Gasteiger partial charge in [0.2, 0.25) is 0 Å². The molecule has 0 saturated carbocycles. The van der Waals surface area contributed by atoms with Crippen molar-refractivity contribution in [2.24, 2.45) is 0 Å². The first-order valence-corrected chi connectivity index (χ1v) is 5.15. The van der Waals surface area contributed by atoms with Crippen molar-refractivity contribution in [3.8, 4) is 0 Å². The highest BCUT2D eigenvalue weighted by atomic mass is 79.9. The third kappa shape index (κ3) is 1.63. The molecule has 2 rings (SSSR count). The van der Waals surface area contributed by atoms with Gasteiger partial charge in [-0.1, -0.05) is 0 Å². The smallest absolute Gasteiger partial charge is 0.356 e. The van der Waals surface area contributed by atoms with Crippen LogP contribution >= 0.6 is 15.9 Å². The van der Waals surface area contributed by atoms with Crippen LogP contribution in [0.1, 0.15) is 16.2 Å². The first-order valence-electron chi connectivity index (χ1n) is 4.36. The number of pyridine rings is 1. The van der Waals surface area contributed by atoms with Crippen LogP contribution in [0.5, 0.6) is 0 Å². The van der Waals surface area contributed by atoms with Gasteiger partial charge < -0.3 is 4.74 Å². The Hall–Kier alpha value is -1.36. The average Bonchev–Trinajstić information content (AvgIpc) is 2.57. The summed E-state index contributed by atoms with van der Waals surface area (Å²) in [6.07, 6.45) is 1.80. The van der Waals surface area contributed by atoms with Crippen LogP contribution in [-0.2, 0) is 4.74 Å². The number of aryl methyl sites for hydroxylation is 1. The summed E-state index contributed by atoms with van der Waals surface area (Å²) in [5, 5.41) is 0. The number of carbonyl (C=O) groups is 1. The van der Waals surface area contributed by atoms with E-state index in [2.05, 4.69) is 20.9 Å². The number of methoxy groups -OCH3 is 1. The number of carbonyl (C=O) groups excluding carboxylic acids is 1. The van der Waals surface area contributed by atoms with Gasteiger partial charge >= 0.3 is 5.97 Å². The summed E-state index contributed by atoms with van der Waals surface area (Å²) in [6, 6.07) is 3.62. The van der Waals surface area contributed by atoms with E-state index in [9.17, 15) is 4.79 Å². The summed E-state index contributed by atoms with van der Waals surface area (Å²) in [4.78, 5) is 15.8. The van der Waals surface area contributed by atoms with Crippen LogP contribution in [-0.4, -0.2) is 22.5 Å². The van der Waals surface area contributed by atoms with Crippen molar-refractivity contribution >= 4 is 27.5 Å². The van der Waals surface area contributed by atoms with Crippen LogP contribution in [0.2, 0.25) is 0 Å². The molecule has 5 heteroatoms. The van der Waals surface area contributed by atoms with Crippen molar-refractivity contribution in [3.05, 3.63) is 34.2 Å². The lowest BCUT2D eigenvalue weighted by Crippen LogP contribution is -2.08. The molecule has 2 aromatic rings. The molecule has 2 aromatic heterocycles. The van der Waals surface area contributed by atoms with E-state index in [0.29, 0.717) is 10.2 Å². The Morgan fingerprint density at radius 3 is 2.93 bits per heavy atom. The number of rotatable bonds is 1. The highest BCUT2D eigenvalue weighted by molar-refractivity contribution is 9.10. The first kappa shape index (κ1) is 10.2. The highest BCUT2D eigenvalue weighted by Gasteiger charge is 2.15. The van der Waals surface area contributed by atoms with Crippen LogP contribution in [0.15, 0.2) is 22.8 Å². The van der Waals surface area contributed by atoms with Crippen LogP contribution in [0.4, 0.5) is 0 Å². The third-order valence-electron chi connectivity index (χ3n) is 2.08. The van der Waals surface area contributed by atoms with Crippen molar-refractivity contribution < 1.29 is 9.53 Å². The van der Waals surface area contributed by atoms with Gasteiger partial charge in [0.1, 0.15) is 11.3 Å². The van der Waals surface area contributed by atoms with Crippen molar-refractivity contribution in [2.45, 2.75) is 6.92 Å². The van der Waals surface area contributed by atoms with E-state index >= 15 is 0 Å². The lowest BCUT2D eigenvalue weighted by molar-refractivity contribution is 0.0591. The number of halogens is 1. The molecule has 0 bridgehead atoms. The summed E-state index contributed by atoms with van der Waals surface area (Å²) >= 11 is 3.32. The van der Waals surface area contributed by atoms with Crippen molar-refractivity contribution in [1.82, 2.24) is 9.38 Å². The maximum absolute atomic E-state index is 11.6. The van der Waals surface area contributed by atoms with Crippen molar-refractivity contribution in [3.63, 3.8) is 0 Å². The third-order valence-corrected chi connectivity index (χ3v) is 2.72. The molecule has 78 valence electrons. The Labute approximate surface area is 95.0 Å². The summed E-state index contributed by atoms with van der Waals surface area (Å²) in [5.41, 5.74) is 2.05. The lowest BCUT2D eigenvalue weighted by atomic mass is 10.3. The molecule has 0 amide bonds. The first-order chi connectivity index (χ1) is 7.13. The standard InChI is InChI=1S/C10H9BrN2O2/c1-6-5-13-8(12-6)4-3-7(11)9(13)10(14)15-2/h3-5H,1-2H3. The molecule has 0 aromatic carbocycles. The Morgan fingerprint density at radius 2 is 2.27 bits per heavy atom. The fourth-order valence-corrected chi connectivity index (χ4v) is 1.93. The second-order valence-corrected chi connectivity index (χ2v) is 3.99. The highest BCUT2D eigenvalue weighted by Crippen LogP contribution is 2.20. The minimum atomic E-state index is -0.384. The molecule has 0 aliphatic rings. The maximum atomic E-state index is 11.6. The van der Waals surface area contributed by atoms with E-state index in [4.69, 9.17) is 4.74 Å². The van der Waals surface area contributed by atoms with E-state index < -0.39 is 0 Å². The molecule has 0 aliphatic heterocycles. The van der Waals surface area contributed by atoms with Gasteiger partial charge in [0, 0.05) is 10.7 Å². The van der Waals surface area contributed by atoms with Gasteiger partial charge in [-0.25, -0.2) is 9.78 Å². The molecule has 2 heterocycles. The molecule has 0 radical (unpaired) electrons. The SMILES string of the molecule is COC(=O)c1c(Br)ccc2nc(C)cn12. The average molecular weight is 269 g/mol. The number of fused-ring (bicyclic) bond motifs is 1. The molecule has 15 heavy (non-hydrogen) atoms. The molecular formula is C10H9BrN2O2.